The van der Waals surface area contributed by atoms with Crippen molar-refractivity contribution in [1.29, 1.82) is 0 Å². The topological polar surface area (TPSA) is 172 Å². The summed E-state index contributed by atoms with van der Waals surface area (Å²) in [6.45, 7) is 2.84. The van der Waals surface area contributed by atoms with Crippen molar-refractivity contribution in [3.63, 3.8) is 0 Å². The van der Waals surface area contributed by atoms with E-state index in [4.69, 9.17) is 24.8 Å². The molecular weight excluding hydrogens is 769 g/mol. The van der Waals surface area contributed by atoms with Gasteiger partial charge in [-0.3, -0.25) is 23.4 Å². The van der Waals surface area contributed by atoms with Gasteiger partial charge in [0.15, 0.2) is 6.10 Å². The Kier molecular flexibility index (Phi) is 41.6. The third-order valence-corrected chi connectivity index (χ3v) is 11.7. The molecule has 0 aromatic heterocycles. The fraction of sp³-hybridized carbons (Fsp3) is 0.894. The second-order valence-electron chi connectivity index (χ2n) is 16.6. The molecule has 0 aliphatic carbocycles. The third-order valence-electron chi connectivity index (χ3n) is 10.8. The van der Waals surface area contributed by atoms with Gasteiger partial charge in [0.1, 0.15) is 12.6 Å². The number of allylic oxidation sites excluding steroid dienone is 2. The second kappa shape index (κ2) is 42.9. The third kappa shape index (κ3) is 42.7. The van der Waals surface area contributed by atoms with Gasteiger partial charge in [0, 0.05) is 12.8 Å². The van der Waals surface area contributed by atoms with Crippen molar-refractivity contribution in [3.8, 4) is 0 Å². The second-order valence-corrected chi connectivity index (χ2v) is 18.1. The number of unbranched alkanes of at least 4 members (excludes halogenated alkanes) is 30. The van der Waals surface area contributed by atoms with Crippen LogP contribution in [0.1, 0.15) is 239 Å². The monoisotopic (exact) mass is 860 g/mol. The maximum Gasteiger partial charge on any atom is 0.472 e. The molecule has 0 radical (unpaired) electrons. The van der Waals surface area contributed by atoms with E-state index < -0.39 is 51.1 Å². The largest absolute Gasteiger partial charge is 0.480 e. The summed E-state index contributed by atoms with van der Waals surface area (Å²) in [6.07, 6.45) is 44.1. The Morgan fingerprint density at radius 2 is 0.847 bits per heavy atom. The molecule has 0 aromatic carbocycles. The van der Waals surface area contributed by atoms with Crippen molar-refractivity contribution in [2.75, 3.05) is 19.8 Å². The van der Waals surface area contributed by atoms with Gasteiger partial charge in [-0.25, -0.2) is 4.57 Å². The van der Waals surface area contributed by atoms with Crippen LogP contribution in [0.4, 0.5) is 0 Å². The Labute approximate surface area is 360 Å². The first-order chi connectivity index (χ1) is 28.6. The zero-order valence-electron chi connectivity index (χ0n) is 37.9. The highest BCUT2D eigenvalue weighted by Gasteiger charge is 2.28. The van der Waals surface area contributed by atoms with Crippen LogP contribution in [0.2, 0.25) is 0 Å². The van der Waals surface area contributed by atoms with Gasteiger partial charge in [-0.15, -0.1) is 0 Å². The fourth-order valence-electron chi connectivity index (χ4n) is 6.94. The number of hydrogen-bond donors (Lipinski definition) is 3. The highest BCUT2D eigenvalue weighted by atomic mass is 31.2. The van der Waals surface area contributed by atoms with Gasteiger partial charge in [-0.05, 0) is 38.5 Å². The minimum atomic E-state index is -4.71. The molecule has 0 aliphatic rings. The van der Waals surface area contributed by atoms with Crippen molar-refractivity contribution in [2.45, 2.75) is 251 Å². The molecule has 0 aliphatic heterocycles. The van der Waals surface area contributed by atoms with Crippen molar-refractivity contribution in [1.82, 2.24) is 0 Å². The summed E-state index contributed by atoms with van der Waals surface area (Å²) >= 11 is 0. The maximum absolute atomic E-state index is 12.7. The highest BCUT2D eigenvalue weighted by molar-refractivity contribution is 7.47. The van der Waals surface area contributed by atoms with Crippen molar-refractivity contribution in [2.24, 2.45) is 5.73 Å². The van der Waals surface area contributed by atoms with Gasteiger partial charge in [-0.2, -0.15) is 0 Å². The number of nitrogens with two attached hydrogens (primary N) is 1. The molecule has 59 heavy (non-hydrogen) atoms. The summed E-state index contributed by atoms with van der Waals surface area (Å²) in [6, 6.07) is -1.52. The summed E-state index contributed by atoms with van der Waals surface area (Å²) in [7, 11) is -4.71. The van der Waals surface area contributed by atoms with Crippen molar-refractivity contribution < 1.29 is 47.5 Å². The number of carbonyl (C=O) groups is 3. The molecule has 11 nitrogen and oxygen atoms in total. The van der Waals surface area contributed by atoms with Gasteiger partial charge < -0.3 is 25.2 Å². The Hall–Kier alpha value is -1.78. The van der Waals surface area contributed by atoms with Crippen LogP contribution in [0, 0.1) is 0 Å². The number of hydrogen-bond acceptors (Lipinski definition) is 9. The van der Waals surface area contributed by atoms with Crippen LogP contribution in [0.5, 0.6) is 0 Å². The van der Waals surface area contributed by atoms with E-state index in [1.54, 1.807) is 0 Å². The molecule has 0 spiro atoms. The van der Waals surface area contributed by atoms with E-state index in [0.717, 1.165) is 44.9 Å². The Balaban J connectivity index is 4.27. The van der Waals surface area contributed by atoms with E-state index >= 15 is 0 Å². The SMILES string of the molecule is CCCCCCCCC/C=C\CCCCCCCCCC(=O)OC(COC(=O)CCCCCCCCCCCCCCCCCCC)COP(=O)(O)OCC(N)C(=O)O. The number of ether oxygens (including phenoxy) is 2. The molecule has 3 unspecified atom stereocenters. The lowest BCUT2D eigenvalue weighted by Crippen LogP contribution is -2.34. The van der Waals surface area contributed by atoms with E-state index in [-0.39, 0.29) is 19.4 Å². The predicted molar refractivity (Wildman–Crippen MR) is 240 cm³/mol. The van der Waals surface area contributed by atoms with E-state index in [1.165, 1.54) is 154 Å². The standard InChI is InChI=1S/C47H90NO10P/c1-3-5-7-9-11-13-15-17-19-21-23-25-27-29-31-33-35-37-39-46(50)58-43(41-56-59(53,54)57-42-44(48)47(51)52)40-55-45(49)38-36-34-32-30-28-26-24-22-20-18-16-14-12-10-8-6-4-2/h19,21,43-44H,3-18,20,22-42,48H2,1-2H3,(H,51,52)(H,53,54)/b21-19-. The quantitative estimate of drug-likeness (QED) is 0.0230. The summed E-state index contributed by atoms with van der Waals surface area (Å²) in [4.78, 5) is 46.1. The number of phosphoric ester groups is 1. The highest BCUT2D eigenvalue weighted by Crippen LogP contribution is 2.43. The average molecular weight is 860 g/mol. The number of rotatable bonds is 46. The molecule has 0 amide bonds. The molecule has 12 heteroatoms. The Morgan fingerprint density at radius 1 is 0.508 bits per heavy atom. The van der Waals surface area contributed by atoms with Crippen LogP contribution in [0.15, 0.2) is 12.2 Å². The van der Waals surface area contributed by atoms with Crippen LogP contribution < -0.4 is 5.73 Å². The van der Waals surface area contributed by atoms with Crippen molar-refractivity contribution >= 4 is 25.7 Å². The molecule has 4 N–H and O–H groups in total. The lowest BCUT2D eigenvalue weighted by Gasteiger charge is -2.20. The van der Waals surface area contributed by atoms with Crippen LogP contribution >= 0.6 is 7.82 Å². The first kappa shape index (κ1) is 57.2. The molecule has 0 rings (SSSR count). The number of carbonyl (C=O) groups excluding carboxylic acids is 2. The van der Waals surface area contributed by atoms with Crippen LogP contribution in [0.3, 0.4) is 0 Å². The Bertz CT molecular complexity index is 1060. The zero-order chi connectivity index (χ0) is 43.5. The van der Waals surface area contributed by atoms with Crippen molar-refractivity contribution in [3.05, 3.63) is 12.2 Å². The number of phosphoric acid groups is 1. The average Bonchev–Trinajstić information content (AvgIpc) is 3.21. The molecule has 0 saturated carbocycles. The molecule has 0 heterocycles. The smallest absolute Gasteiger partial charge is 0.472 e. The van der Waals surface area contributed by atoms with Crippen LogP contribution in [-0.2, 0) is 37.5 Å². The molecule has 0 bridgehead atoms. The molecule has 0 fully saturated rings. The van der Waals surface area contributed by atoms with Crippen LogP contribution in [-0.4, -0.2) is 59.9 Å². The van der Waals surface area contributed by atoms with E-state index in [9.17, 15) is 23.8 Å². The molecule has 0 saturated heterocycles. The first-order valence-corrected chi connectivity index (χ1v) is 25.7. The van der Waals surface area contributed by atoms with Gasteiger partial charge in [-0.1, -0.05) is 199 Å². The van der Waals surface area contributed by atoms with E-state index in [2.05, 4.69) is 30.5 Å². The number of esters is 2. The number of carboxylic acids is 1. The summed E-state index contributed by atoms with van der Waals surface area (Å²) in [5.74, 6) is -2.37. The minimum absolute atomic E-state index is 0.161. The lowest BCUT2D eigenvalue weighted by atomic mass is 10.0. The summed E-state index contributed by atoms with van der Waals surface area (Å²) in [5.41, 5.74) is 5.34. The molecule has 0 aromatic rings. The Morgan fingerprint density at radius 3 is 1.24 bits per heavy atom. The van der Waals surface area contributed by atoms with Gasteiger partial charge in [0.25, 0.3) is 0 Å². The minimum Gasteiger partial charge on any atom is -0.480 e. The van der Waals surface area contributed by atoms with Crippen LogP contribution in [0.25, 0.3) is 0 Å². The zero-order valence-corrected chi connectivity index (χ0v) is 38.8. The normalized spacial score (nSPS) is 13.7. The van der Waals surface area contributed by atoms with E-state index in [0.29, 0.717) is 12.8 Å². The lowest BCUT2D eigenvalue weighted by molar-refractivity contribution is -0.161. The van der Waals surface area contributed by atoms with Gasteiger partial charge in [0.05, 0.1) is 13.2 Å². The number of aliphatic carboxylic acids is 1. The predicted octanol–water partition coefficient (Wildman–Crippen LogP) is 13.2. The summed E-state index contributed by atoms with van der Waals surface area (Å²) in [5, 5.41) is 8.91. The van der Waals surface area contributed by atoms with E-state index in [1.807, 2.05) is 0 Å². The molecular formula is C47H90NO10P. The maximum atomic E-state index is 12.7. The van der Waals surface area contributed by atoms with Gasteiger partial charge in [0.2, 0.25) is 0 Å². The molecule has 3 atom stereocenters. The molecule has 348 valence electrons. The van der Waals surface area contributed by atoms with Gasteiger partial charge >= 0.3 is 25.7 Å². The number of carboxylic acid groups (broad SMARTS) is 1. The first-order valence-electron chi connectivity index (χ1n) is 24.2. The summed E-state index contributed by atoms with van der Waals surface area (Å²) < 4.78 is 32.8. The fourth-order valence-corrected chi connectivity index (χ4v) is 7.72.